The maximum atomic E-state index is 12.4. The Hall–Kier alpha value is -1.67. The van der Waals surface area contributed by atoms with Crippen LogP contribution in [0.3, 0.4) is 0 Å². The topological polar surface area (TPSA) is 101 Å². The monoisotopic (exact) mass is 313 g/mol. The van der Waals surface area contributed by atoms with Gasteiger partial charge in [0.05, 0.1) is 4.92 Å². The van der Waals surface area contributed by atoms with Gasteiger partial charge < -0.3 is 5.32 Å². The van der Waals surface area contributed by atoms with Crippen molar-refractivity contribution in [1.82, 2.24) is 4.72 Å². The molecule has 2 N–H and O–H groups in total. The molecule has 0 atom stereocenters. The predicted octanol–water partition coefficient (Wildman–Crippen LogP) is 2.25. The van der Waals surface area contributed by atoms with Crippen molar-refractivity contribution in [2.24, 2.45) is 0 Å². The standard InChI is InChI=1S/C13H19N3O4S/c1-2-14-11-8-5-9-12(13(11)16(17)18)21(19,20)15-10-6-3-4-7-10/h5,8-10,14-15H,2-4,6-7H2,1H3. The number of rotatable bonds is 6. The summed E-state index contributed by atoms with van der Waals surface area (Å²) >= 11 is 0. The highest BCUT2D eigenvalue weighted by molar-refractivity contribution is 7.89. The molecule has 116 valence electrons. The molecular formula is C13H19N3O4S. The van der Waals surface area contributed by atoms with E-state index in [1.165, 1.54) is 18.2 Å². The molecule has 1 aromatic rings. The maximum absolute atomic E-state index is 12.4. The number of nitrogens with zero attached hydrogens (tertiary/aromatic N) is 1. The number of sulfonamides is 1. The fourth-order valence-corrected chi connectivity index (χ4v) is 4.09. The van der Waals surface area contributed by atoms with Crippen molar-refractivity contribution in [1.29, 1.82) is 0 Å². The summed E-state index contributed by atoms with van der Waals surface area (Å²) in [5.74, 6) is 0. The Labute approximate surface area is 123 Å². The highest BCUT2D eigenvalue weighted by Gasteiger charge is 2.31. The molecule has 0 heterocycles. The molecule has 21 heavy (non-hydrogen) atoms. The first-order valence-corrected chi connectivity index (χ1v) is 8.47. The minimum Gasteiger partial charge on any atom is -0.380 e. The predicted molar refractivity (Wildman–Crippen MR) is 79.8 cm³/mol. The van der Waals surface area contributed by atoms with Crippen LogP contribution in [0.5, 0.6) is 0 Å². The number of nitrogens with one attached hydrogen (secondary N) is 2. The van der Waals surface area contributed by atoms with Crippen LogP contribution < -0.4 is 10.0 Å². The summed E-state index contributed by atoms with van der Waals surface area (Å²) in [6, 6.07) is 4.16. The van der Waals surface area contributed by atoms with Gasteiger partial charge in [0.2, 0.25) is 10.0 Å². The summed E-state index contributed by atoms with van der Waals surface area (Å²) in [5, 5.41) is 14.1. The minimum absolute atomic E-state index is 0.127. The normalized spacial score (nSPS) is 16.0. The number of para-hydroxylation sites is 1. The number of hydrogen-bond donors (Lipinski definition) is 2. The second-order valence-corrected chi connectivity index (χ2v) is 6.72. The summed E-state index contributed by atoms with van der Waals surface area (Å²) in [4.78, 5) is 10.3. The lowest BCUT2D eigenvalue weighted by Gasteiger charge is -2.14. The van der Waals surface area contributed by atoms with E-state index in [0.29, 0.717) is 6.54 Å². The van der Waals surface area contributed by atoms with Crippen molar-refractivity contribution in [2.45, 2.75) is 43.5 Å². The first kappa shape index (κ1) is 15.7. The molecule has 0 spiro atoms. The molecule has 0 unspecified atom stereocenters. The van der Waals surface area contributed by atoms with E-state index >= 15 is 0 Å². The van der Waals surface area contributed by atoms with Crippen molar-refractivity contribution in [2.75, 3.05) is 11.9 Å². The van der Waals surface area contributed by atoms with E-state index in [1.54, 1.807) is 6.92 Å². The summed E-state index contributed by atoms with van der Waals surface area (Å²) in [5.41, 5.74) is -0.179. The lowest BCUT2D eigenvalue weighted by atomic mass is 10.2. The van der Waals surface area contributed by atoms with Gasteiger partial charge in [-0.25, -0.2) is 13.1 Å². The van der Waals surface area contributed by atoms with Gasteiger partial charge in [0.1, 0.15) is 5.69 Å². The molecule has 1 aromatic carbocycles. The summed E-state index contributed by atoms with van der Waals surface area (Å²) in [7, 11) is -3.89. The number of benzene rings is 1. The molecule has 1 aliphatic rings. The quantitative estimate of drug-likeness (QED) is 0.619. The van der Waals surface area contributed by atoms with Crippen molar-refractivity contribution in [3.05, 3.63) is 28.3 Å². The molecule has 2 rings (SSSR count). The largest absolute Gasteiger partial charge is 0.380 e. The Morgan fingerprint density at radius 2 is 2.00 bits per heavy atom. The Bertz CT molecular complexity index is 624. The number of anilines is 1. The molecule has 1 aliphatic carbocycles. The van der Waals surface area contributed by atoms with Crippen LogP contribution in [0.2, 0.25) is 0 Å². The van der Waals surface area contributed by atoms with Crippen LogP contribution in [-0.2, 0) is 10.0 Å². The van der Waals surface area contributed by atoms with Crippen LogP contribution in [0.1, 0.15) is 32.6 Å². The average Bonchev–Trinajstić information content (AvgIpc) is 2.90. The van der Waals surface area contributed by atoms with Crippen molar-refractivity contribution < 1.29 is 13.3 Å². The van der Waals surface area contributed by atoms with E-state index in [4.69, 9.17) is 0 Å². The highest BCUT2D eigenvalue weighted by Crippen LogP contribution is 2.32. The lowest BCUT2D eigenvalue weighted by molar-refractivity contribution is -0.386. The van der Waals surface area contributed by atoms with Crippen LogP contribution in [0.25, 0.3) is 0 Å². The second kappa shape index (κ2) is 6.40. The summed E-state index contributed by atoms with van der Waals surface area (Å²) in [6.45, 7) is 2.27. The zero-order chi connectivity index (χ0) is 15.5. The third kappa shape index (κ3) is 3.51. The van der Waals surface area contributed by atoms with Gasteiger partial charge in [-0.1, -0.05) is 18.9 Å². The van der Waals surface area contributed by atoms with Crippen LogP contribution >= 0.6 is 0 Å². The second-order valence-electron chi connectivity index (χ2n) is 5.04. The zero-order valence-corrected chi connectivity index (χ0v) is 12.6. The zero-order valence-electron chi connectivity index (χ0n) is 11.8. The fourth-order valence-electron chi connectivity index (χ4n) is 2.59. The number of nitro benzene ring substituents is 1. The van der Waals surface area contributed by atoms with Gasteiger partial charge in [0, 0.05) is 12.6 Å². The Morgan fingerprint density at radius 3 is 2.57 bits per heavy atom. The lowest BCUT2D eigenvalue weighted by Crippen LogP contribution is -2.33. The molecular weight excluding hydrogens is 294 g/mol. The molecule has 0 bridgehead atoms. The molecule has 8 heteroatoms. The molecule has 0 aromatic heterocycles. The van der Waals surface area contributed by atoms with Gasteiger partial charge in [0.15, 0.2) is 4.90 Å². The Kier molecular flexibility index (Phi) is 4.79. The van der Waals surface area contributed by atoms with Crippen LogP contribution in [0, 0.1) is 10.1 Å². The Balaban J connectivity index is 2.41. The van der Waals surface area contributed by atoms with Gasteiger partial charge in [-0.05, 0) is 31.9 Å². The molecule has 0 radical (unpaired) electrons. The van der Waals surface area contributed by atoms with Gasteiger partial charge in [-0.15, -0.1) is 0 Å². The van der Waals surface area contributed by atoms with E-state index in [-0.39, 0.29) is 16.6 Å². The van der Waals surface area contributed by atoms with Crippen LogP contribution in [0.15, 0.2) is 23.1 Å². The first-order valence-electron chi connectivity index (χ1n) is 6.99. The molecule has 1 saturated carbocycles. The summed E-state index contributed by atoms with van der Waals surface area (Å²) < 4.78 is 27.4. The van der Waals surface area contributed by atoms with Crippen molar-refractivity contribution in [3.8, 4) is 0 Å². The van der Waals surface area contributed by atoms with Crippen molar-refractivity contribution in [3.63, 3.8) is 0 Å². The molecule has 1 fully saturated rings. The van der Waals surface area contributed by atoms with E-state index in [9.17, 15) is 18.5 Å². The highest BCUT2D eigenvalue weighted by atomic mass is 32.2. The number of nitro groups is 1. The molecule has 7 nitrogen and oxygen atoms in total. The fraction of sp³-hybridized carbons (Fsp3) is 0.538. The first-order chi connectivity index (χ1) is 9.95. The van der Waals surface area contributed by atoms with Gasteiger partial charge in [0.25, 0.3) is 0 Å². The molecule has 0 aliphatic heterocycles. The van der Waals surface area contributed by atoms with Gasteiger partial charge in [-0.2, -0.15) is 0 Å². The van der Waals surface area contributed by atoms with E-state index in [1.807, 2.05) is 0 Å². The van der Waals surface area contributed by atoms with E-state index < -0.39 is 20.6 Å². The van der Waals surface area contributed by atoms with Gasteiger partial charge in [-0.3, -0.25) is 10.1 Å². The van der Waals surface area contributed by atoms with Gasteiger partial charge >= 0.3 is 5.69 Å². The van der Waals surface area contributed by atoms with Crippen LogP contribution in [0.4, 0.5) is 11.4 Å². The van der Waals surface area contributed by atoms with Crippen molar-refractivity contribution >= 4 is 21.4 Å². The van der Waals surface area contributed by atoms with E-state index in [0.717, 1.165) is 25.7 Å². The third-order valence-corrected chi connectivity index (χ3v) is 5.07. The average molecular weight is 313 g/mol. The van der Waals surface area contributed by atoms with E-state index in [2.05, 4.69) is 10.0 Å². The molecule has 0 amide bonds. The minimum atomic E-state index is -3.89. The SMILES string of the molecule is CCNc1cccc(S(=O)(=O)NC2CCCC2)c1[N+](=O)[O-]. The Morgan fingerprint density at radius 1 is 1.33 bits per heavy atom. The third-order valence-electron chi connectivity index (χ3n) is 3.52. The number of hydrogen-bond acceptors (Lipinski definition) is 5. The smallest absolute Gasteiger partial charge is 0.312 e. The maximum Gasteiger partial charge on any atom is 0.312 e. The molecule has 0 saturated heterocycles. The summed E-state index contributed by atoms with van der Waals surface area (Å²) in [6.07, 6.45) is 3.51. The van der Waals surface area contributed by atoms with Crippen LogP contribution in [-0.4, -0.2) is 25.9 Å².